The summed E-state index contributed by atoms with van der Waals surface area (Å²) in [7, 11) is 1.77. The van der Waals surface area contributed by atoms with Gasteiger partial charge in [0.2, 0.25) is 0 Å². The van der Waals surface area contributed by atoms with Crippen LogP contribution in [0.4, 0.5) is 0 Å². The Hall–Kier alpha value is -3.48. The van der Waals surface area contributed by atoms with Gasteiger partial charge in [-0.15, -0.1) is 0 Å². The van der Waals surface area contributed by atoms with Gasteiger partial charge in [-0.05, 0) is 43.2 Å². The van der Waals surface area contributed by atoms with Crippen molar-refractivity contribution in [2.75, 3.05) is 13.7 Å². The van der Waals surface area contributed by atoms with Crippen LogP contribution in [-0.4, -0.2) is 46.3 Å². The third kappa shape index (κ3) is 5.13. The molecule has 1 aromatic heterocycles. The number of amides is 1. The Balaban J connectivity index is 1.53. The molecule has 1 aliphatic rings. The number of esters is 1. The van der Waals surface area contributed by atoms with Crippen LogP contribution in [0.2, 0.25) is 0 Å². The number of benzene rings is 2. The predicted octanol–water partition coefficient (Wildman–Crippen LogP) is 3.64. The highest BCUT2D eigenvalue weighted by molar-refractivity contribution is 6.02. The quantitative estimate of drug-likeness (QED) is 0.539. The van der Waals surface area contributed by atoms with E-state index in [-0.39, 0.29) is 36.4 Å². The minimum Gasteiger partial charge on any atom is -0.451 e. The highest BCUT2D eigenvalue weighted by atomic mass is 16.5. The Bertz CT molecular complexity index is 1200. The predicted molar refractivity (Wildman–Crippen MR) is 126 cm³/mol. The van der Waals surface area contributed by atoms with Crippen molar-refractivity contribution in [3.8, 4) is 0 Å². The summed E-state index contributed by atoms with van der Waals surface area (Å²) in [6, 6.07) is 16.4. The van der Waals surface area contributed by atoms with Crippen LogP contribution in [0.5, 0.6) is 0 Å². The summed E-state index contributed by atoms with van der Waals surface area (Å²) in [5, 5.41) is 5.12. The third-order valence-electron chi connectivity index (χ3n) is 6.49. The minimum absolute atomic E-state index is 0.0306. The Morgan fingerprint density at radius 3 is 2.33 bits per heavy atom. The molecule has 1 fully saturated rings. The Labute approximate surface area is 193 Å². The zero-order valence-corrected chi connectivity index (χ0v) is 19.1. The van der Waals surface area contributed by atoms with Crippen molar-refractivity contribution in [1.29, 1.82) is 0 Å². The molecule has 0 N–H and O–H groups in total. The van der Waals surface area contributed by atoms with E-state index in [1.165, 1.54) is 4.68 Å². The Morgan fingerprint density at radius 2 is 1.64 bits per heavy atom. The summed E-state index contributed by atoms with van der Waals surface area (Å²) in [5.74, 6) is -0.259. The molecule has 1 heterocycles. The third-order valence-corrected chi connectivity index (χ3v) is 6.49. The second-order valence-corrected chi connectivity index (χ2v) is 8.84. The summed E-state index contributed by atoms with van der Waals surface area (Å²) in [4.78, 5) is 40.3. The van der Waals surface area contributed by atoms with Crippen LogP contribution in [0.1, 0.15) is 48.7 Å². The van der Waals surface area contributed by atoms with Crippen molar-refractivity contribution >= 4 is 22.6 Å². The number of fused-ring (bicyclic) bond motifs is 1. The topological polar surface area (TPSA) is 81.5 Å². The van der Waals surface area contributed by atoms with E-state index in [1.807, 2.05) is 30.3 Å². The van der Waals surface area contributed by atoms with Gasteiger partial charge in [-0.25, -0.2) is 9.48 Å². The molecule has 2 aromatic carbocycles. The molecule has 0 saturated heterocycles. The lowest BCUT2D eigenvalue weighted by molar-refractivity contribution is -0.136. The van der Waals surface area contributed by atoms with Gasteiger partial charge in [-0.1, -0.05) is 55.5 Å². The van der Waals surface area contributed by atoms with Gasteiger partial charge in [-0.3, -0.25) is 9.59 Å². The molecule has 172 valence electrons. The molecule has 1 amide bonds. The number of likely N-dealkylation sites (N-methyl/N-ethyl adjacent to an activating group) is 1. The van der Waals surface area contributed by atoms with Crippen molar-refractivity contribution < 1.29 is 14.3 Å². The fraction of sp³-hybridized carbons (Fsp3) is 0.385. The summed E-state index contributed by atoms with van der Waals surface area (Å²) in [6.45, 7) is 2.11. The van der Waals surface area contributed by atoms with Gasteiger partial charge < -0.3 is 9.64 Å². The standard InChI is InChI=1S/C26H29N3O4/c1-18-12-14-20(15-13-18)28(2)23(30)17-33-26(32)24-21-10-6-7-11-22(21)25(31)29(27-24)16-19-8-4-3-5-9-19/h3-11,18,20H,12-17H2,1-2H3. The lowest BCUT2D eigenvalue weighted by Crippen LogP contribution is -2.41. The SMILES string of the molecule is CC1CCC(N(C)C(=O)COC(=O)c2nn(Cc3ccccc3)c(=O)c3ccccc23)CC1. The molecule has 1 saturated carbocycles. The first-order valence-electron chi connectivity index (χ1n) is 11.4. The molecule has 0 spiro atoms. The van der Waals surface area contributed by atoms with Crippen molar-refractivity contribution in [2.24, 2.45) is 5.92 Å². The number of nitrogens with zero attached hydrogens (tertiary/aromatic N) is 3. The number of carbonyl (C=O) groups is 2. The van der Waals surface area contributed by atoms with Crippen molar-refractivity contribution in [3.63, 3.8) is 0 Å². The monoisotopic (exact) mass is 447 g/mol. The average Bonchev–Trinajstić information content (AvgIpc) is 2.84. The van der Waals surface area contributed by atoms with Crippen LogP contribution in [0, 0.1) is 5.92 Å². The Morgan fingerprint density at radius 1 is 1.00 bits per heavy atom. The fourth-order valence-electron chi connectivity index (χ4n) is 4.38. The molecule has 1 aliphatic carbocycles. The molecular weight excluding hydrogens is 418 g/mol. The number of hydrogen-bond donors (Lipinski definition) is 0. The highest BCUT2D eigenvalue weighted by Crippen LogP contribution is 2.26. The van der Waals surface area contributed by atoms with E-state index in [9.17, 15) is 14.4 Å². The van der Waals surface area contributed by atoms with Gasteiger partial charge in [0.15, 0.2) is 12.3 Å². The molecule has 0 atom stereocenters. The van der Waals surface area contributed by atoms with Crippen molar-refractivity contribution in [2.45, 2.75) is 45.2 Å². The molecule has 7 heteroatoms. The van der Waals surface area contributed by atoms with Crippen LogP contribution in [-0.2, 0) is 16.1 Å². The zero-order chi connectivity index (χ0) is 23.4. The number of rotatable bonds is 6. The number of ether oxygens (including phenoxy) is 1. The lowest BCUT2D eigenvalue weighted by atomic mass is 9.87. The van der Waals surface area contributed by atoms with E-state index in [1.54, 1.807) is 36.2 Å². The summed E-state index contributed by atoms with van der Waals surface area (Å²) >= 11 is 0. The van der Waals surface area contributed by atoms with Crippen LogP contribution >= 0.6 is 0 Å². The maximum atomic E-state index is 13.0. The molecule has 0 radical (unpaired) electrons. The van der Waals surface area contributed by atoms with Gasteiger partial charge in [0, 0.05) is 18.5 Å². The van der Waals surface area contributed by atoms with Gasteiger partial charge in [0.1, 0.15) is 0 Å². The second kappa shape index (κ2) is 9.98. The van der Waals surface area contributed by atoms with Gasteiger partial charge in [0.25, 0.3) is 11.5 Å². The first-order valence-corrected chi connectivity index (χ1v) is 11.4. The lowest BCUT2D eigenvalue weighted by Gasteiger charge is -2.33. The molecule has 0 aliphatic heterocycles. The molecule has 4 rings (SSSR count). The van der Waals surface area contributed by atoms with Crippen LogP contribution in [0.15, 0.2) is 59.4 Å². The highest BCUT2D eigenvalue weighted by Gasteiger charge is 2.26. The normalized spacial score (nSPS) is 18.1. The fourth-order valence-corrected chi connectivity index (χ4v) is 4.38. The summed E-state index contributed by atoms with van der Waals surface area (Å²) < 4.78 is 6.64. The molecule has 0 bridgehead atoms. The average molecular weight is 448 g/mol. The molecule has 7 nitrogen and oxygen atoms in total. The van der Waals surface area contributed by atoms with E-state index >= 15 is 0 Å². The maximum absolute atomic E-state index is 13.0. The Kier molecular flexibility index (Phi) is 6.87. The van der Waals surface area contributed by atoms with Gasteiger partial charge in [0.05, 0.1) is 11.9 Å². The van der Waals surface area contributed by atoms with Crippen LogP contribution in [0.25, 0.3) is 10.8 Å². The van der Waals surface area contributed by atoms with E-state index in [4.69, 9.17) is 4.74 Å². The van der Waals surface area contributed by atoms with Crippen LogP contribution in [0.3, 0.4) is 0 Å². The molecule has 3 aromatic rings. The number of hydrogen-bond acceptors (Lipinski definition) is 5. The first-order chi connectivity index (χ1) is 15.9. The summed E-state index contributed by atoms with van der Waals surface area (Å²) in [6.07, 6.45) is 4.13. The van der Waals surface area contributed by atoms with E-state index in [2.05, 4.69) is 12.0 Å². The maximum Gasteiger partial charge on any atom is 0.359 e. The molecule has 33 heavy (non-hydrogen) atoms. The largest absolute Gasteiger partial charge is 0.451 e. The van der Waals surface area contributed by atoms with Crippen molar-refractivity contribution in [1.82, 2.24) is 14.7 Å². The number of carbonyl (C=O) groups excluding carboxylic acids is 2. The smallest absolute Gasteiger partial charge is 0.359 e. The zero-order valence-electron chi connectivity index (χ0n) is 19.1. The second-order valence-electron chi connectivity index (χ2n) is 8.84. The van der Waals surface area contributed by atoms with Gasteiger partial charge >= 0.3 is 5.97 Å². The minimum atomic E-state index is -0.716. The van der Waals surface area contributed by atoms with Crippen molar-refractivity contribution in [3.05, 3.63) is 76.2 Å². The molecule has 0 unspecified atom stereocenters. The van der Waals surface area contributed by atoms with Gasteiger partial charge in [-0.2, -0.15) is 5.10 Å². The van der Waals surface area contributed by atoms with Crippen LogP contribution < -0.4 is 5.56 Å². The van der Waals surface area contributed by atoms with E-state index in [0.29, 0.717) is 16.7 Å². The first kappa shape index (κ1) is 22.7. The molecular formula is C26H29N3O4. The summed E-state index contributed by atoms with van der Waals surface area (Å²) in [5.41, 5.74) is 0.636. The van der Waals surface area contributed by atoms with E-state index < -0.39 is 5.97 Å². The van der Waals surface area contributed by atoms with E-state index in [0.717, 1.165) is 31.2 Å². The number of aromatic nitrogens is 2.